The first kappa shape index (κ1) is 16.0. The van der Waals surface area contributed by atoms with Crippen LogP contribution in [0.15, 0.2) is 72.8 Å². The molecule has 0 aromatic heterocycles. The topological polar surface area (TPSA) is 40.6 Å². The van der Waals surface area contributed by atoms with E-state index in [9.17, 15) is 9.59 Å². The highest BCUT2D eigenvalue weighted by molar-refractivity contribution is 6.07. The minimum absolute atomic E-state index is 0.105. The van der Waals surface area contributed by atoms with E-state index in [4.69, 9.17) is 0 Å². The summed E-state index contributed by atoms with van der Waals surface area (Å²) in [4.78, 5) is 28.3. The Labute approximate surface area is 142 Å². The lowest BCUT2D eigenvalue weighted by molar-refractivity contribution is -0.126. The summed E-state index contributed by atoms with van der Waals surface area (Å²) in [6.45, 7) is 2.93. The van der Waals surface area contributed by atoms with E-state index in [1.54, 1.807) is 17.0 Å². The second kappa shape index (κ2) is 7.59. The molecule has 1 aliphatic rings. The molecule has 24 heavy (non-hydrogen) atoms. The van der Waals surface area contributed by atoms with Gasteiger partial charge in [0, 0.05) is 43.5 Å². The molecular weight excluding hydrogens is 300 g/mol. The first-order valence-corrected chi connectivity index (χ1v) is 8.10. The zero-order valence-electron chi connectivity index (χ0n) is 13.5. The van der Waals surface area contributed by atoms with Gasteiger partial charge in [-0.1, -0.05) is 48.5 Å². The lowest BCUT2D eigenvalue weighted by Crippen LogP contribution is -2.48. The van der Waals surface area contributed by atoms with Crippen molar-refractivity contribution in [3.8, 4) is 0 Å². The van der Waals surface area contributed by atoms with E-state index < -0.39 is 0 Å². The molecule has 2 aromatic carbocycles. The van der Waals surface area contributed by atoms with Crippen LogP contribution in [0.1, 0.15) is 10.4 Å². The molecule has 2 aromatic rings. The highest BCUT2D eigenvalue weighted by Gasteiger charge is 2.19. The van der Waals surface area contributed by atoms with Gasteiger partial charge < -0.3 is 9.80 Å². The number of anilines is 1. The fraction of sp³-hybridized carbons (Fsp3) is 0.200. The molecule has 0 unspecified atom stereocenters. The van der Waals surface area contributed by atoms with Crippen LogP contribution in [0.3, 0.4) is 0 Å². The van der Waals surface area contributed by atoms with Gasteiger partial charge >= 0.3 is 0 Å². The minimum Gasteiger partial charge on any atom is -0.368 e. The van der Waals surface area contributed by atoms with E-state index in [1.807, 2.05) is 36.4 Å². The number of nitrogens with zero attached hydrogens (tertiary/aromatic N) is 2. The first-order valence-electron chi connectivity index (χ1n) is 8.10. The van der Waals surface area contributed by atoms with Crippen LogP contribution in [0.4, 0.5) is 5.69 Å². The number of piperazine rings is 1. The average molecular weight is 320 g/mol. The van der Waals surface area contributed by atoms with Crippen molar-refractivity contribution in [2.24, 2.45) is 0 Å². The van der Waals surface area contributed by atoms with Crippen molar-refractivity contribution in [1.29, 1.82) is 0 Å². The molecule has 1 aliphatic heterocycles. The molecule has 4 nitrogen and oxygen atoms in total. The summed E-state index contributed by atoms with van der Waals surface area (Å²) in [5, 5.41) is 0. The van der Waals surface area contributed by atoms with Crippen molar-refractivity contribution >= 4 is 17.4 Å². The molecule has 0 saturated carbocycles. The van der Waals surface area contributed by atoms with Crippen LogP contribution >= 0.6 is 0 Å². The van der Waals surface area contributed by atoms with Crippen molar-refractivity contribution in [1.82, 2.24) is 4.90 Å². The molecule has 3 rings (SSSR count). The lowest BCUT2D eigenvalue weighted by Gasteiger charge is -2.35. The Bertz CT molecular complexity index is 718. The first-order chi connectivity index (χ1) is 11.7. The third-order valence-electron chi connectivity index (χ3n) is 4.15. The van der Waals surface area contributed by atoms with E-state index in [0.717, 1.165) is 13.1 Å². The minimum atomic E-state index is -0.146. The zero-order valence-corrected chi connectivity index (χ0v) is 13.5. The molecule has 0 atom stereocenters. The Hall–Kier alpha value is -2.88. The van der Waals surface area contributed by atoms with Crippen molar-refractivity contribution in [2.75, 3.05) is 31.1 Å². The number of ketones is 1. The third-order valence-corrected chi connectivity index (χ3v) is 4.15. The van der Waals surface area contributed by atoms with Crippen LogP contribution < -0.4 is 4.90 Å². The standard InChI is InChI=1S/C20H20N2O2/c23-19(17-7-3-1-4-8-17)11-12-20(24)22-15-13-21(14-16-22)18-9-5-2-6-10-18/h1-12H,13-16H2/b12-11+. The van der Waals surface area contributed by atoms with Crippen molar-refractivity contribution in [2.45, 2.75) is 0 Å². The number of benzene rings is 2. The monoisotopic (exact) mass is 320 g/mol. The van der Waals surface area contributed by atoms with Crippen LogP contribution in [-0.4, -0.2) is 42.8 Å². The Morgan fingerprint density at radius 2 is 1.33 bits per heavy atom. The summed E-state index contributed by atoms with van der Waals surface area (Å²) in [5.74, 6) is -0.251. The molecule has 1 heterocycles. The molecule has 0 N–H and O–H groups in total. The summed E-state index contributed by atoms with van der Waals surface area (Å²) in [6.07, 6.45) is 2.74. The fourth-order valence-corrected chi connectivity index (χ4v) is 2.77. The molecule has 0 radical (unpaired) electrons. The van der Waals surface area contributed by atoms with Gasteiger partial charge in [-0.15, -0.1) is 0 Å². The third kappa shape index (κ3) is 3.90. The van der Waals surface area contributed by atoms with E-state index in [1.165, 1.54) is 17.8 Å². The molecule has 1 saturated heterocycles. The highest BCUT2D eigenvalue weighted by atomic mass is 16.2. The number of hydrogen-bond donors (Lipinski definition) is 0. The maximum Gasteiger partial charge on any atom is 0.246 e. The summed E-state index contributed by atoms with van der Waals surface area (Å²) in [7, 11) is 0. The average Bonchev–Trinajstić information content (AvgIpc) is 2.67. The largest absolute Gasteiger partial charge is 0.368 e. The summed E-state index contributed by atoms with van der Waals surface area (Å²) in [5.41, 5.74) is 1.77. The van der Waals surface area contributed by atoms with Gasteiger partial charge in [-0.3, -0.25) is 9.59 Å². The van der Waals surface area contributed by atoms with Crippen LogP contribution in [0.5, 0.6) is 0 Å². The van der Waals surface area contributed by atoms with Gasteiger partial charge in [0.1, 0.15) is 0 Å². The zero-order chi connectivity index (χ0) is 16.8. The van der Waals surface area contributed by atoms with Crippen LogP contribution in [-0.2, 0) is 4.79 Å². The van der Waals surface area contributed by atoms with Crippen LogP contribution in [0.25, 0.3) is 0 Å². The summed E-state index contributed by atoms with van der Waals surface area (Å²) >= 11 is 0. The number of amides is 1. The van der Waals surface area contributed by atoms with Crippen molar-refractivity contribution < 1.29 is 9.59 Å². The number of hydrogen-bond acceptors (Lipinski definition) is 3. The maximum atomic E-state index is 12.2. The van der Waals surface area contributed by atoms with Crippen LogP contribution in [0, 0.1) is 0 Å². The second-order valence-corrected chi connectivity index (χ2v) is 5.71. The second-order valence-electron chi connectivity index (χ2n) is 5.71. The molecule has 0 aliphatic carbocycles. The fourth-order valence-electron chi connectivity index (χ4n) is 2.77. The van der Waals surface area contributed by atoms with Gasteiger partial charge in [0.2, 0.25) is 5.91 Å². The van der Waals surface area contributed by atoms with Gasteiger partial charge in [-0.05, 0) is 18.2 Å². The summed E-state index contributed by atoms with van der Waals surface area (Å²) in [6, 6.07) is 19.2. The normalized spacial score (nSPS) is 14.8. The molecule has 0 bridgehead atoms. The number of rotatable bonds is 4. The predicted octanol–water partition coefficient (Wildman–Crippen LogP) is 2.77. The SMILES string of the molecule is O=C(/C=C/C(=O)N1CCN(c2ccccc2)CC1)c1ccccc1. The molecule has 0 spiro atoms. The lowest BCUT2D eigenvalue weighted by atomic mass is 10.1. The maximum absolute atomic E-state index is 12.2. The Morgan fingerprint density at radius 3 is 1.96 bits per heavy atom. The molecule has 1 amide bonds. The quantitative estimate of drug-likeness (QED) is 0.642. The van der Waals surface area contributed by atoms with Crippen molar-refractivity contribution in [3.63, 3.8) is 0 Å². The Morgan fingerprint density at radius 1 is 0.750 bits per heavy atom. The molecule has 122 valence electrons. The van der Waals surface area contributed by atoms with E-state index in [-0.39, 0.29) is 11.7 Å². The number of carbonyl (C=O) groups excluding carboxylic acids is 2. The van der Waals surface area contributed by atoms with Gasteiger partial charge in [-0.25, -0.2) is 0 Å². The highest BCUT2D eigenvalue weighted by Crippen LogP contribution is 2.15. The van der Waals surface area contributed by atoms with Gasteiger partial charge in [0.25, 0.3) is 0 Å². The van der Waals surface area contributed by atoms with E-state index in [0.29, 0.717) is 18.7 Å². The Kier molecular flexibility index (Phi) is 5.06. The van der Waals surface area contributed by atoms with E-state index in [2.05, 4.69) is 17.0 Å². The number of para-hydroxylation sites is 1. The predicted molar refractivity (Wildman–Crippen MR) is 95.1 cm³/mol. The van der Waals surface area contributed by atoms with E-state index >= 15 is 0 Å². The van der Waals surface area contributed by atoms with Gasteiger partial charge in [-0.2, -0.15) is 0 Å². The van der Waals surface area contributed by atoms with Gasteiger partial charge in [0.15, 0.2) is 5.78 Å². The van der Waals surface area contributed by atoms with Crippen LogP contribution in [0.2, 0.25) is 0 Å². The Balaban J connectivity index is 1.54. The number of carbonyl (C=O) groups is 2. The molecule has 1 fully saturated rings. The van der Waals surface area contributed by atoms with Crippen molar-refractivity contribution in [3.05, 3.63) is 78.4 Å². The smallest absolute Gasteiger partial charge is 0.246 e. The van der Waals surface area contributed by atoms with Gasteiger partial charge in [0.05, 0.1) is 0 Å². The number of allylic oxidation sites excluding steroid dienone is 1. The summed E-state index contributed by atoms with van der Waals surface area (Å²) < 4.78 is 0. The molecular formula is C20H20N2O2. The molecule has 4 heteroatoms.